The average molecular weight is 466 g/mol. The predicted molar refractivity (Wildman–Crippen MR) is 140 cm³/mol. The molecular weight excluding hydrogens is 440 g/mol. The van der Waals surface area contributed by atoms with Crippen molar-refractivity contribution in [3.63, 3.8) is 0 Å². The van der Waals surface area contributed by atoms with Gasteiger partial charge in [-0.3, -0.25) is 4.98 Å². The smallest absolute Gasteiger partial charge is 0.329 e. The van der Waals surface area contributed by atoms with Gasteiger partial charge in [0.25, 0.3) is 0 Å². The molecule has 0 saturated carbocycles. The molecule has 4 N–H and O–H groups in total. The number of hydrogen-bond acceptors (Lipinski definition) is 4. The normalized spacial score (nSPS) is 11.5. The topological polar surface area (TPSA) is 70.5 Å². The summed E-state index contributed by atoms with van der Waals surface area (Å²) < 4.78 is 7.02. The first-order valence-electron chi connectivity index (χ1n) is 11.3. The lowest BCUT2D eigenvalue weighted by atomic mass is 10.1. The quantitative estimate of drug-likeness (QED) is 0.193. The fourth-order valence-electron chi connectivity index (χ4n) is 4.42. The molecule has 5 nitrogen and oxygen atoms in total. The Labute approximate surface area is 201 Å². The standard InChI is InChI=1S/C28H24N4OS/c1-16-8-11-19(12-9-16)24-25(27-18(3)21-6-4-5-7-23(21)34-27)30-28(29-24)32-31-22-13-10-17(2)20-14-15-33-26(20)22/h4-15,31H,1-3H3,(H2,29,30,32)/p+1. The zero-order valence-electron chi connectivity index (χ0n) is 19.3. The number of quaternary nitrogens is 1. The molecule has 168 valence electrons. The van der Waals surface area contributed by atoms with Crippen LogP contribution in [0.2, 0.25) is 0 Å². The third-order valence-electron chi connectivity index (χ3n) is 6.32. The number of imidazole rings is 1. The number of rotatable bonds is 5. The average Bonchev–Trinajstić information content (AvgIpc) is 3.57. The van der Waals surface area contributed by atoms with E-state index < -0.39 is 0 Å². The second-order valence-electron chi connectivity index (χ2n) is 8.65. The van der Waals surface area contributed by atoms with E-state index in [2.05, 4.69) is 85.8 Å². The molecule has 3 aromatic heterocycles. The van der Waals surface area contributed by atoms with Crippen LogP contribution in [0.4, 0.5) is 11.6 Å². The minimum absolute atomic E-state index is 0.766. The molecule has 6 aromatic rings. The number of nitrogens with one attached hydrogen (secondary N) is 2. The maximum Gasteiger partial charge on any atom is 0.329 e. The van der Waals surface area contributed by atoms with Gasteiger partial charge >= 0.3 is 5.95 Å². The lowest BCUT2D eigenvalue weighted by Crippen LogP contribution is -2.83. The first-order chi connectivity index (χ1) is 16.6. The van der Waals surface area contributed by atoms with E-state index >= 15 is 0 Å². The zero-order valence-corrected chi connectivity index (χ0v) is 20.1. The fraction of sp³-hybridized carbons (Fsp3) is 0.107. The Bertz CT molecular complexity index is 1640. The molecular formula is C28H25N4OS+. The molecule has 0 saturated heterocycles. The van der Waals surface area contributed by atoms with Gasteiger partial charge in [0.15, 0.2) is 5.58 Å². The number of nitrogens with two attached hydrogens (primary N) is 1. The highest BCUT2D eigenvalue weighted by Gasteiger charge is 2.21. The van der Waals surface area contributed by atoms with Crippen LogP contribution in [0.3, 0.4) is 0 Å². The molecule has 0 spiro atoms. The Kier molecular flexibility index (Phi) is 4.98. The van der Waals surface area contributed by atoms with E-state index in [1.807, 2.05) is 17.6 Å². The predicted octanol–water partition coefficient (Wildman–Crippen LogP) is 6.85. The number of fused-ring (bicyclic) bond motifs is 2. The van der Waals surface area contributed by atoms with E-state index in [1.165, 1.54) is 31.7 Å². The van der Waals surface area contributed by atoms with Gasteiger partial charge in [-0.1, -0.05) is 54.1 Å². The maximum atomic E-state index is 5.74. The first kappa shape index (κ1) is 20.7. The number of benzene rings is 3. The van der Waals surface area contributed by atoms with Crippen LogP contribution in [0.25, 0.3) is 42.9 Å². The molecule has 3 aromatic carbocycles. The number of furan rings is 1. The van der Waals surface area contributed by atoms with E-state index in [-0.39, 0.29) is 0 Å². The highest BCUT2D eigenvalue weighted by molar-refractivity contribution is 7.22. The zero-order chi connectivity index (χ0) is 23.2. The summed E-state index contributed by atoms with van der Waals surface area (Å²) in [6.45, 7) is 6.38. The Morgan fingerprint density at radius 3 is 2.56 bits per heavy atom. The van der Waals surface area contributed by atoms with Gasteiger partial charge in [-0.2, -0.15) is 10.4 Å². The highest BCUT2D eigenvalue weighted by Crippen LogP contribution is 2.41. The van der Waals surface area contributed by atoms with E-state index in [1.54, 1.807) is 17.6 Å². The molecule has 0 aliphatic rings. The maximum absolute atomic E-state index is 5.74. The molecule has 0 amide bonds. The monoisotopic (exact) mass is 465 g/mol. The number of H-pyrrole nitrogens is 1. The number of nitrogen functional groups attached to an aromatic ring is 1. The van der Waals surface area contributed by atoms with Crippen LogP contribution < -0.4 is 10.9 Å². The number of aromatic amines is 1. The van der Waals surface area contributed by atoms with Crippen molar-refractivity contribution >= 4 is 44.0 Å². The highest BCUT2D eigenvalue weighted by atomic mass is 32.1. The van der Waals surface area contributed by atoms with Gasteiger partial charge < -0.3 is 4.42 Å². The Morgan fingerprint density at radius 2 is 1.74 bits per heavy atom. The fourth-order valence-corrected chi connectivity index (χ4v) is 5.63. The van der Waals surface area contributed by atoms with Crippen molar-refractivity contribution in [2.45, 2.75) is 20.8 Å². The lowest BCUT2D eigenvalue weighted by Gasteiger charge is -2.04. The Hall–Kier alpha value is -3.87. The second-order valence-corrected chi connectivity index (χ2v) is 9.70. The molecule has 6 heteroatoms. The summed E-state index contributed by atoms with van der Waals surface area (Å²) >= 11 is 1.80. The summed E-state index contributed by atoms with van der Waals surface area (Å²) in [5, 5.41) is 2.40. The van der Waals surface area contributed by atoms with E-state index in [9.17, 15) is 0 Å². The molecule has 3 heterocycles. The van der Waals surface area contributed by atoms with Gasteiger partial charge in [-0.15, -0.1) is 11.3 Å². The largest absolute Gasteiger partial charge is 0.462 e. The summed E-state index contributed by atoms with van der Waals surface area (Å²) in [7, 11) is 0. The van der Waals surface area contributed by atoms with Crippen molar-refractivity contribution in [1.82, 2.24) is 9.97 Å². The first-order valence-corrected chi connectivity index (χ1v) is 12.1. The number of nitrogens with zero attached hydrogens (tertiary/aromatic N) is 1. The van der Waals surface area contributed by atoms with Crippen LogP contribution in [-0.2, 0) is 0 Å². The van der Waals surface area contributed by atoms with Crippen molar-refractivity contribution in [2.24, 2.45) is 0 Å². The second kappa shape index (κ2) is 8.17. The number of aromatic nitrogens is 2. The summed E-state index contributed by atoms with van der Waals surface area (Å²) in [5.74, 6) is 0.766. The molecule has 0 aliphatic heterocycles. The van der Waals surface area contributed by atoms with Gasteiger partial charge in [-0.05, 0) is 55.5 Å². The summed E-state index contributed by atoms with van der Waals surface area (Å²) in [6, 6.07) is 23.2. The summed E-state index contributed by atoms with van der Waals surface area (Å²) in [5.41, 5.74) is 13.9. The minimum atomic E-state index is 0.766. The van der Waals surface area contributed by atoms with Crippen molar-refractivity contribution in [3.05, 3.63) is 89.7 Å². The molecule has 0 aliphatic carbocycles. The van der Waals surface area contributed by atoms with Crippen LogP contribution in [0.5, 0.6) is 0 Å². The number of thiophene rings is 1. The summed E-state index contributed by atoms with van der Waals surface area (Å²) in [4.78, 5) is 9.80. The van der Waals surface area contributed by atoms with Gasteiger partial charge in [-0.25, -0.2) is 5.43 Å². The van der Waals surface area contributed by atoms with Crippen LogP contribution in [0.15, 0.2) is 77.4 Å². The van der Waals surface area contributed by atoms with Crippen molar-refractivity contribution in [3.8, 4) is 21.8 Å². The van der Waals surface area contributed by atoms with Crippen LogP contribution >= 0.6 is 11.3 Å². The van der Waals surface area contributed by atoms with E-state index in [0.29, 0.717) is 0 Å². The molecule has 0 unspecified atom stereocenters. The number of hydrogen-bond donors (Lipinski definition) is 3. The van der Waals surface area contributed by atoms with Crippen LogP contribution in [-0.4, -0.2) is 9.97 Å². The van der Waals surface area contributed by atoms with Crippen molar-refractivity contribution < 1.29 is 9.84 Å². The molecule has 0 radical (unpaired) electrons. The lowest BCUT2D eigenvalue weighted by molar-refractivity contribution is -0.545. The van der Waals surface area contributed by atoms with Crippen LogP contribution in [0.1, 0.15) is 16.7 Å². The third kappa shape index (κ3) is 3.48. The Balaban J connectivity index is 1.42. The number of aryl methyl sites for hydroxylation is 3. The van der Waals surface area contributed by atoms with Gasteiger partial charge in [0.2, 0.25) is 0 Å². The van der Waals surface area contributed by atoms with Gasteiger partial charge in [0.1, 0.15) is 11.4 Å². The van der Waals surface area contributed by atoms with Crippen molar-refractivity contribution in [1.29, 1.82) is 0 Å². The molecule has 0 fully saturated rings. The molecule has 0 bridgehead atoms. The van der Waals surface area contributed by atoms with E-state index in [0.717, 1.165) is 39.6 Å². The van der Waals surface area contributed by atoms with Crippen LogP contribution in [0, 0.1) is 20.8 Å². The molecule has 0 atom stereocenters. The summed E-state index contributed by atoms with van der Waals surface area (Å²) in [6.07, 6.45) is 1.73. The van der Waals surface area contributed by atoms with Gasteiger partial charge in [0, 0.05) is 15.6 Å². The molecule has 34 heavy (non-hydrogen) atoms. The van der Waals surface area contributed by atoms with E-state index in [4.69, 9.17) is 9.40 Å². The third-order valence-corrected chi connectivity index (χ3v) is 7.61. The Morgan fingerprint density at radius 1 is 0.912 bits per heavy atom. The SMILES string of the molecule is Cc1ccc(-c2nc([NH2+]Nc3ccc(C)c4ccoc34)[nH]c2-c2sc3ccccc3c2C)cc1. The van der Waals surface area contributed by atoms with Crippen molar-refractivity contribution in [2.75, 3.05) is 5.43 Å². The minimum Gasteiger partial charge on any atom is -0.462 e. The number of anilines is 1. The molecule has 6 rings (SSSR count). The van der Waals surface area contributed by atoms with Gasteiger partial charge in [0.05, 0.1) is 16.8 Å².